The fourth-order valence-electron chi connectivity index (χ4n) is 5.30. The van der Waals surface area contributed by atoms with E-state index in [9.17, 15) is 19.5 Å². The minimum absolute atomic E-state index is 0.0113. The molecule has 0 unspecified atom stereocenters. The number of anilines is 2. The van der Waals surface area contributed by atoms with Gasteiger partial charge < -0.3 is 26.0 Å². The Bertz CT molecular complexity index is 1490. The maximum atomic E-state index is 15.1. The van der Waals surface area contributed by atoms with E-state index in [2.05, 4.69) is 22.9 Å². The average molecular weight is 531 g/mol. The van der Waals surface area contributed by atoms with Gasteiger partial charge in [0.05, 0.1) is 5.69 Å². The smallest absolute Gasteiger partial charge is 0.251 e. The molecule has 3 amide bonds. The normalized spacial score (nSPS) is 19.5. The Balaban J connectivity index is 1.57. The summed E-state index contributed by atoms with van der Waals surface area (Å²) in [7, 11) is 1.60. The highest BCUT2D eigenvalue weighted by atomic mass is 19.1. The summed E-state index contributed by atoms with van der Waals surface area (Å²) in [6.45, 7) is 4.32. The van der Waals surface area contributed by atoms with Gasteiger partial charge in [0.2, 0.25) is 11.8 Å². The molecule has 3 aromatic carbocycles. The molecule has 8 nitrogen and oxygen atoms in total. The lowest BCUT2D eigenvalue weighted by Gasteiger charge is -2.27. The maximum Gasteiger partial charge on any atom is 0.251 e. The predicted octanol–water partition coefficient (Wildman–Crippen LogP) is 4.73. The Kier molecular flexibility index (Phi) is 6.99. The Morgan fingerprint density at radius 3 is 2.62 bits per heavy atom. The second-order valence-corrected chi connectivity index (χ2v) is 10.4. The van der Waals surface area contributed by atoms with Crippen molar-refractivity contribution in [3.8, 4) is 5.75 Å². The highest BCUT2D eigenvalue weighted by Crippen LogP contribution is 2.32. The van der Waals surface area contributed by atoms with Crippen LogP contribution in [0.1, 0.15) is 69.9 Å². The number of hydrogen-bond donors (Lipinski definition) is 4. The summed E-state index contributed by atoms with van der Waals surface area (Å²) in [5, 5.41) is 19.1. The number of nitrogens with zero attached hydrogens (tertiary/aromatic N) is 1. The van der Waals surface area contributed by atoms with Crippen molar-refractivity contribution in [2.24, 2.45) is 0 Å². The second-order valence-electron chi connectivity index (χ2n) is 10.4. The first-order valence-corrected chi connectivity index (χ1v) is 12.9. The number of carbonyl (C=O) groups excluding carboxylic acids is 3. The van der Waals surface area contributed by atoms with Crippen molar-refractivity contribution >= 4 is 29.1 Å². The molecule has 2 atom stereocenters. The van der Waals surface area contributed by atoms with Crippen LogP contribution in [0.5, 0.6) is 5.75 Å². The molecule has 202 valence electrons. The number of rotatable bonds is 2. The number of hydrogen-bond acceptors (Lipinski definition) is 5. The third kappa shape index (κ3) is 5.30. The van der Waals surface area contributed by atoms with Crippen molar-refractivity contribution in [3.63, 3.8) is 0 Å². The summed E-state index contributed by atoms with van der Waals surface area (Å²) < 4.78 is 15.1. The fourth-order valence-corrected chi connectivity index (χ4v) is 5.30. The molecule has 39 heavy (non-hydrogen) atoms. The van der Waals surface area contributed by atoms with Crippen LogP contribution in [-0.2, 0) is 22.7 Å². The van der Waals surface area contributed by atoms with Crippen LogP contribution in [0.25, 0.3) is 0 Å². The van der Waals surface area contributed by atoms with Gasteiger partial charge in [0.1, 0.15) is 17.6 Å². The molecule has 0 aliphatic carbocycles. The lowest BCUT2D eigenvalue weighted by Crippen LogP contribution is -2.35. The van der Waals surface area contributed by atoms with Gasteiger partial charge in [0.15, 0.2) is 0 Å². The number of carbonyl (C=O) groups is 3. The van der Waals surface area contributed by atoms with E-state index in [1.807, 2.05) is 25.1 Å². The van der Waals surface area contributed by atoms with Gasteiger partial charge in [0, 0.05) is 43.4 Å². The number of phenolic OH excluding ortho intramolecular Hbond substituents is 1. The summed E-state index contributed by atoms with van der Waals surface area (Å²) in [6, 6.07) is 12.2. The Labute approximate surface area is 226 Å². The zero-order valence-electron chi connectivity index (χ0n) is 22.1. The third-order valence-corrected chi connectivity index (χ3v) is 7.53. The minimum atomic E-state index is -0.965. The number of aryl methyl sites for hydroxylation is 1. The lowest BCUT2D eigenvalue weighted by molar-refractivity contribution is -0.131. The van der Waals surface area contributed by atoms with Crippen LogP contribution in [0, 0.1) is 12.7 Å². The number of phenols is 1. The van der Waals surface area contributed by atoms with Crippen molar-refractivity contribution in [1.82, 2.24) is 10.2 Å². The highest BCUT2D eigenvalue weighted by Gasteiger charge is 2.29. The SMILES string of the molecule is Cc1cc2ccc1[C@@H](C)CCC(=O)Nc1ccc(O)c(c1)CN(C)C(=O)[C@@H]2Nc1cc2c(cc1F)CNC2=O. The molecular weight excluding hydrogens is 499 g/mol. The summed E-state index contributed by atoms with van der Waals surface area (Å²) in [4.78, 5) is 40.2. The summed E-state index contributed by atoms with van der Waals surface area (Å²) >= 11 is 0. The number of nitrogens with one attached hydrogen (secondary N) is 3. The van der Waals surface area contributed by atoms with Crippen molar-refractivity contribution < 1.29 is 23.9 Å². The molecule has 3 aliphatic heterocycles. The first-order valence-electron chi connectivity index (χ1n) is 12.9. The van der Waals surface area contributed by atoms with Crippen LogP contribution in [0.3, 0.4) is 0 Å². The van der Waals surface area contributed by atoms with Crippen LogP contribution >= 0.6 is 0 Å². The van der Waals surface area contributed by atoms with Crippen LogP contribution < -0.4 is 16.0 Å². The predicted molar refractivity (Wildman–Crippen MR) is 146 cm³/mol. The molecule has 0 saturated heterocycles. The molecule has 3 aromatic rings. The van der Waals surface area contributed by atoms with Crippen molar-refractivity contribution in [2.45, 2.75) is 51.7 Å². The first-order chi connectivity index (χ1) is 18.6. The quantitative estimate of drug-likeness (QED) is 0.358. The van der Waals surface area contributed by atoms with Crippen LogP contribution in [0.2, 0.25) is 0 Å². The monoisotopic (exact) mass is 530 g/mol. The molecule has 3 aliphatic rings. The molecule has 0 radical (unpaired) electrons. The number of aromatic hydroxyl groups is 1. The van der Waals surface area contributed by atoms with Gasteiger partial charge in [-0.2, -0.15) is 0 Å². The maximum absolute atomic E-state index is 15.1. The fraction of sp³-hybridized carbons (Fsp3) is 0.300. The lowest BCUT2D eigenvalue weighted by atomic mass is 9.89. The van der Waals surface area contributed by atoms with Crippen LogP contribution in [0.15, 0.2) is 48.5 Å². The molecule has 0 fully saturated rings. The molecular formula is C30H31FN4O4. The van der Waals surface area contributed by atoms with Crippen molar-refractivity contribution in [3.05, 3.63) is 87.7 Å². The van der Waals surface area contributed by atoms with Gasteiger partial charge in [-0.15, -0.1) is 0 Å². The van der Waals surface area contributed by atoms with Crippen LogP contribution in [-0.4, -0.2) is 34.8 Å². The van der Waals surface area contributed by atoms with E-state index in [-0.39, 0.29) is 48.2 Å². The Morgan fingerprint density at radius 1 is 1.05 bits per heavy atom. The molecule has 4 bridgehead atoms. The van der Waals surface area contributed by atoms with Gasteiger partial charge in [-0.25, -0.2) is 4.39 Å². The number of halogens is 1. The zero-order chi connectivity index (χ0) is 27.8. The second kappa shape index (κ2) is 10.4. The number of amides is 3. The molecule has 6 rings (SSSR count). The molecule has 3 heterocycles. The summed E-state index contributed by atoms with van der Waals surface area (Å²) in [5.41, 5.74) is 4.62. The van der Waals surface area contributed by atoms with E-state index < -0.39 is 11.9 Å². The van der Waals surface area contributed by atoms with E-state index >= 15 is 4.39 Å². The van der Waals surface area contributed by atoms with E-state index in [4.69, 9.17) is 0 Å². The Morgan fingerprint density at radius 2 is 1.85 bits per heavy atom. The molecule has 0 saturated carbocycles. The zero-order valence-corrected chi connectivity index (χ0v) is 22.1. The molecule has 0 spiro atoms. The van der Waals surface area contributed by atoms with E-state index in [1.165, 1.54) is 23.1 Å². The van der Waals surface area contributed by atoms with Gasteiger partial charge in [0.25, 0.3) is 5.91 Å². The first kappa shape index (κ1) is 26.2. The van der Waals surface area contributed by atoms with Gasteiger partial charge >= 0.3 is 0 Å². The average Bonchev–Trinajstić information content (AvgIpc) is 3.25. The number of fused-ring (bicyclic) bond motifs is 10. The standard InChI is InChI=1S/C30H31FN4O4/c1-16-4-9-27(37)33-21-6-8-26(36)20(11-21)15-35(3)30(39)28(18-5-7-22(16)17(2)10-18)34-25-13-23-19(12-24(25)31)14-32-29(23)38/h5-8,10-13,16,28,34,36H,4,9,14-15H2,1-3H3,(H,32,38)(H,33,37)/t16-,28+/m0/s1. The third-order valence-electron chi connectivity index (χ3n) is 7.53. The topological polar surface area (TPSA) is 111 Å². The van der Waals surface area contributed by atoms with Gasteiger partial charge in [-0.3, -0.25) is 14.4 Å². The minimum Gasteiger partial charge on any atom is -0.508 e. The molecule has 0 aromatic heterocycles. The summed E-state index contributed by atoms with van der Waals surface area (Å²) in [5.74, 6) is -1.26. The molecule has 9 heteroatoms. The largest absolute Gasteiger partial charge is 0.508 e. The van der Waals surface area contributed by atoms with Crippen molar-refractivity contribution in [2.75, 3.05) is 17.7 Å². The van der Waals surface area contributed by atoms with Gasteiger partial charge in [-0.1, -0.05) is 25.1 Å². The van der Waals surface area contributed by atoms with E-state index in [1.54, 1.807) is 19.2 Å². The van der Waals surface area contributed by atoms with E-state index in [0.717, 1.165) is 11.1 Å². The van der Waals surface area contributed by atoms with Crippen molar-refractivity contribution in [1.29, 1.82) is 0 Å². The van der Waals surface area contributed by atoms with Crippen LogP contribution in [0.4, 0.5) is 15.8 Å². The molecule has 4 N–H and O–H groups in total. The Hall–Kier alpha value is -4.40. The van der Waals surface area contributed by atoms with E-state index in [0.29, 0.717) is 40.8 Å². The van der Waals surface area contributed by atoms with Gasteiger partial charge in [-0.05, 0) is 71.8 Å². The summed E-state index contributed by atoms with van der Waals surface area (Å²) in [6.07, 6.45) is 0.953. The number of likely N-dealkylation sites (N-methyl/N-ethyl adjacent to an activating group) is 1. The highest BCUT2D eigenvalue weighted by molar-refractivity contribution is 5.99. The number of benzene rings is 3.